The molecule has 0 aliphatic heterocycles. The number of hydrogen-bond donors (Lipinski definition) is 0. The lowest BCUT2D eigenvalue weighted by Crippen LogP contribution is -2.10. The Bertz CT molecular complexity index is 3410. The van der Waals surface area contributed by atoms with E-state index in [1.165, 1.54) is 0 Å². The fraction of sp³-hybridized carbons (Fsp3) is 0. The van der Waals surface area contributed by atoms with Crippen molar-refractivity contribution < 1.29 is 0 Å². The predicted octanol–water partition coefficient (Wildman–Crippen LogP) is 14.0. The Morgan fingerprint density at radius 3 is 0.556 bits per heavy atom. The molecular weight excluding hydrogens is 885 g/mol. The zero-order chi connectivity index (χ0) is 47.8. The second-order valence-electron chi connectivity index (χ2n) is 17.0. The molecule has 10 heteroatoms. The molecule has 0 unspecified atom stereocenters. The van der Waals surface area contributed by atoms with Crippen LogP contribution >= 0.6 is 0 Å². The number of fused-ring (bicyclic) bond motifs is 8. The van der Waals surface area contributed by atoms with E-state index in [2.05, 4.69) is 36.4 Å². The van der Waals surface area contributed by atoms with Gasteiger partial charge in [-0.15, -0.1) is 0 Å². The maximum Gasteiger partial charge on any atom is 0.0794 e. The standard InChI is InChI=1S/C62H38N10/c1-9-29-63-41(21-1)51-49-39-19-17-37-71-61(39)60-50(52(42-22-2-10-30-64-42)54(44-24-4-12-32-66-44)56(46-26-6-14-34-68-46)58(60)48-28-8-16-36-70-48)40-20-18-38-72-62(40)59(49)57(47-27-7-15-35-69-47)55(45-25-5-13-33-67-45)53(51)43-23-3-11-31-65-43/h1-38H. The number of benzene rings is 2. The van der Waals surface area contributed by atoms with Gasteiger partial charge in [0.2, 0.25) is 0 Å². The van der Waals surface area contributed by atoms with Gasteiger partial charge < -0.3 is 0 Å². The molecular formula is C62H38N10. The largest absolute Gasteiger partial charge is 0.256 e. The lowest BCUT2D eigenvalue weighted by Gasteiger charge is -2.32. The third-order valence-corrected chi connectivity index (χ3v) is 13.0. The summed E-state index contributed by atoms with van der Waals surface area (Å²) in [6, 6.07) is 56.4. The molecule has 0 fully saturated rings. The van der Waals surface area contributed by atoms with Crippen molar-refractivity contribution in [3.05, 3.63) is 232 Å². The van der Waals surface area contributed by atoms with Crippen molar-refractivity contribution in [1.29, 1.82) is 0 Å². The minimum Gasteiger partial charge on any atom is -0.256 e. The van der Waals surface area contributed by atoms with Crippen LogP contribution in [0.15, 0.2) is 232 Å². The SMILES string of the molecule is c1ccc(-c2c(-c3ccccn3)c(-c3ccccn3)c3c(c2-c2ccccn2)-c2cccnc2-c2c(-c4ccccn4)c(-c4ccccn4)c(-c4ccccn4)c(-c4ccccn4)c2-c2cccnc2-3)nc1. The number of aromatic nitrogens is 10. The van der Waals surface area contributed by atoms with Gasteiger partial charge in [-0.25, -0.2) is 0 Å². The molecule has 336 valence electrons. The maximum atomic E-state index is 5.54. The van der Waals surface area contributed by atoms with Crippen molar-refractivity contribution in [1.82, 2.24) is 49.8 Å². The molecule has 1 aliphatic carbocycles. The first kappa shape index (κ1) is 42.1. The van der Waals surface area contributed by atoms with Gasteiger partial charge in [-0.05, 0) is 109 Å². The molecule has 2 aromatic carbocycles. The van der Waals surface area contributed by atoms with Crippen molar-refractivity contribution >= 4 is 0 Å². The average molecular weight is 923 g/mol. The van der Waals surface area contributed by atoms with Gasteiger partial charge in [0.1, 0.15) is 0 Å². The fourth-order valence-corrected chi connectivity index (χ4v) is 10.3. The smallest absolute Gasteiger partial charge is 0.0794 e. The first-order valence-electron chi connectivity index (χ1n) is 23.5. The van der Waals surface area contributed by atoms with E-state index in [4.69, 9.17) is 49.8 Å². The zero-order valence-corrected chi connectivity index (χ0v) is 38.4. The fourth-order valence-electron chi connectivity index (χ4n) is 10.3. The Labute approximate surface area is 414 Å². The third-order valence-electron chi connectivity index (χ3n) is 13.0. The molecule has 0 saturated carbocycles. The minimum absolute atomic E-state index is 0.701. The van der Waals surface area contributed by atoms with E-state index in [1.54, 1.807) is 0 Å². The summed E-state index contributed by atoms with van der Waals surface area (Å²) in [5.41, 5.74) is 18.9. The van der Waals surface area contributed by atoms with E-state index in [1.807, 2.05) is 195 Å². The van der Waals surface area contributed by atoms with E-state index in [0.29, 0.717) is 11.4 Å². The Morgan fingerprint density at radius 1 is 0.153 bits per heavy atom. The third kappa shape index (κ3) is 7.04. The van der Waals surface area contributed by atoms with Gasteiger partial charge in [-0.2, -0.15) is 0 Å². The topological polar surface area (TPSA) is 129 Å². The summed E-state index contributed by atoms with van der Waals surface area (Å²) in [4.78, 5) is 52.4. The van der Waals surface area contributed by atoms with Crippen molar-refractivity contribution in [2.75, 3.05) is 0 Å². The molecule has 10 nitrogen and oxygen atoms in total. The van der Waals surface area contributed by atoms with Crippen LogP contribution in [0.1, 0.15) is 0 Å². The van der Waals surface area contributed by atoms with Crippen molar-refractivity contribution in [3.63, 3.8) is 0 Å². The molecule has 1 aliphatic rings. The summed E-state index contributed by atoms with van der Waals surface area (Å²) in [6.07, 6.45) is 18.4. The van der Waals surface area contributed by atoms with Crippen LogP contribution in [-0.4, -0.2) is 49.8 Å². The predicted molar refractivity (Wildman–Crippen MR) is 283 cm³/mol. The van der Waals surface area contributed by atoms with Crippen LogP contribution in [0.4, 0.5) is 0 Å². The monoisotopic (exact) mass is 922 g/mol. The number of rotatable bonds is 8. The molecule has 0 N–H and O–H groups in total. The Hall–Kier alpha value is -10.1. The molecule has 10 heterocycles. The van der Waals surface area contributed by atoms with Gasteiger partial charge in [-0.1, -0.05) is 60.7 Å². The van der Waals surface area contributed by atoms with Crippen LogP contribution in [0.3, 0.4) is 0 Å². The minimum atomic E-state index is 0.701. The van der Waals surface area contributed by atoms with E-state index in [0.717, 1.165) is 123 Å². The highest BCUT2D eigenvalue weighted by atomic mass is 14.8. The number of nitrogens with zero attached hydrogens (tertiary/aromatic N) is 10. The van der Waals surface area contributed by atoms with Gasteiger partial charge in [0.05, 0.1) is 56.9 Å². The van der Waals surface area contributed by atoms with Crippen LogP contribution in [0.25, 0.3) is 135 Å². The average Bonchev–Trinajstić information content (AvgIpc) is 3.47. The summed E-state index contributed by atoms with van der Waals surface area (Å²) in [7, 11) is 0. The van der Waals surface area contributed by atoms with Gasteiger partial charge in [0, 0.05) is 140 Å². The summed E-state index contributed by atoms with van der Waals surface area (Å²) < 4.78 is 0. The van der Waals surface area contributed by atoms with Crippen LogP contribution in [0, 0.1) is 0 Å². The Balaban J connectivity index is 1.36. The molecule has 13 rings (SSSR count). The summed E-state index contributed by atoms with van der Waals surface area (Å²) in [6.45, 7) is 0. The van der Waals surface area contributed by atoms with Crippen LogP contribution < -0.4 is 0 Å². The lowest BCUT2D eigenvalue weighted by atomic mass is 9.71. The highest BCUT2D eigenvalue weighted by Gasteiger charge is 2.39. The van der Waals surface area contributed by atoms with Gasteiger partial charge in [0.25, 0.3) is 0 Å². The normalized spacial score (nSPS) is 11.3. The molecule has 0 spiro atoms. The second-order valence-corrected chi connectivity index (χ2v) is 17.0. The molecule has 10 aromatic heterocycles. The quantitative estimate of drug-likeness (QED) is 0.145. The van der Waals surface area contributed by atoms with Crippen LogP contribution in [0.5, 0.6) is 0 Å². The van der Waals surface area contributed by atoms with Crippen molar-refractivity contribution in [2.45, 2.75) is 0 Å². The summed E-state index contributed by atoms with van der Waals surface area (Å²) >= 11 is 0. The first-order chi connectivity index (χ1) is 35.8. The highest BCUT2D eigenvalue weighted by Crippen LogP contribution is 2.62. The molecule has 0 atom stereocenters. The molecule has 0 radical (unpaired) electrons. The molecule has 0 bridgehead atoms. The van der Waals surface area contributed by atoms with Crippen molar-refractivity contribution in [2.24, 2.45) is 0 Å². The van der Waals surface area contributed by atoms with E-state index in [9.17, 15) is 0 Å². The molecule has 0 saturated heterocycles. The van der Waals surface area contributed by atoms with E-state index >= 15 is 0 Å². The van der Waals surface area contributed by atoms with Crippen LogP contribution in [-0.2, 0) is 0 Å². The lowest BCUT2D eigenvalue weighted by molar-refractivity contribution is 1.24. The second kappa shape index (κ2) is 18.1. The first-order valence-corrected chi connectivity index (χ1v) is 23.5. The zero-order valence-electron chi connectivity index (χ0n) is 38.4. The van der Waals surface area contributed by atoms with Gasteiger partial charge in [-0.3, -0.25) is 49.8 Å². The van der Waals surface area contributed by atoms with E-state index in [-0.39, 0.29) is 0 Å². The molecule has 0 amide bonds. The summed E-state index contributed by atoms with van der Waals surface area (Å²) in [5, 5.41) is 0. The summed E-state index contributed by atoms with van der Waals surface area (Å²) in [5.74, 6) is 0. The van der Waals surface area contributed by atoms with Crippen molar-refractivity contribution in [3.8, 4) is 135 Å². The van der Waals surface area contributed by atoms with Crippen LogP contribution in [0.2, 0.25) is 0 Å². The molecule has 72 heavy (non-hydrogen) atoms. The van der Waals surface area contributed by atoms with Gasteiger partial charge in [0.15, 0.2) is 0 Å². The number of hydrogen-bond acceptors (Lipinski definition) is 10. The maximum absolute atomic E-state index is 5.54. The van der Waals surface area contributed by atoms with E-state index < -0.39 is 0 Å². The Kier molecular flexibility index (Phi) is 10.6. The number of pyridine rings is 10. The Morgan fingerprint density at radius 2 is 0.347 bits per heavy atom. The van der Waals surface area contributed by atoms with Gasteiger partial charge >= 0.3 is 0 Å². The highest BCUT2D eigenvalue weighted by molar-refractivity contribution is 6.21. The molecule has 12 aromatic rings.